The van der Waals surface area contributed by atoms with Crippen LogP contribution in [0.15, 0.2) is 46.9 Å². The highest BCUT2D eigenvalue weighted by Gasteiger charge is 2.20. The highest BCUT2D eigenvalue weighted by atomic mass is 127. The molecule has 0 fully saturated rings. The van der Waals surface area contributed by atoms with Crippen molar-refractivity contribution in [3.05, 3.63) is 67.9 Å². The van der Waals surface area contributed by atoms with E-state index in [2.05, 4.69) is 35.6 Å². The van der Waals surface area contributed by atoms with Crippen LogP contribution >= 0.6 is 34.2 Å². The van der Waals surface area contributed by atoms with Gasteiger partial charge < -0.3 is 10.2 Å². The smallest absolute Gasteiger partial charge is 0.134 e. The third kappa shape index (κ3) is 2.70. The molecule has 21 heavy (non-hydrogen) atoms. The fraction of sp³-hybridized carbons (Fsp3) is 0.176. The molecule has 4 heteroatoms. The predicted molar refractivity (Wildman–Crippen MR) is 95.8 cm³/mol. The number of benzene rings is 2. The SMILES string of the molecule is CCc1oc2ccccc2c1C(N)c1ccc(I)c(Cl)c1. The van der Waals surface area contributed by atoms with Crippen LogP contribution in [0.2, 0.25) is 5.02 Å². The Labute approximate surface area is 142 Å². The van der Waals surface area contributed by atoms with E-state index in [0.29, 0.717) is 0 Å². The number of rotatable bonds is 3. The molecule has 1 unspecified atom stereocenters. The summed E-state index contributed by atoms with van der Waals surface area (Å²) in [4.78, 5) is 0. The van der Waals surface area contributed by atoms with Gasteiger partial charge in [0.2, 0.25) is 0 Å². The normalized spacial score (nSPS) is 12.8. The zero-order valence-electron chi connectivity index (χ0n) is 11.6. The van der Waals surface area contributed by atoms with E-state index >= 15 is 0 Å². The molecule has 0 saturated heterocycles. The molecule has 2 N–H and O–H groups in total. The van der Waals surface area contributed by atoms with Crippen molar-refractivity contribution in [3.8, 4) is 0 Å². The van der Waals surface area contributed by atoms with Gasteiger partial charge in [-0.05, 0) is 46.4 Å². The van der Waals surface area contributed by atoms with Crippen LogP contribution in [0.3, 0.4) is 0 Å². The summed E-state index contributed by atoms with van der Waals surface area (Å²) in [5.74, 6) is 0.943. The van der Waals surface area contributed by atoms with Crippen LogP contribution in [0.4, 0.5) is 0 Å². The zero-order chi connectivity index (χ0) is 15.0. The molecule has 3 rings (SSSR count). The van der Waals surface area contributed by atoms with E-state index < -0.39 is 0 Å². The van der Waals surface area contributed by atoms with Gasteiger partial charge in [-0.3, -0.25) is 0 Å². The second-order valence-electron chi connectivity index (χ2n) is 4.94. The minimum atomic E-state index is -0.238. The Hall–Kier alpha value is -1.04. The minimum Gasteiger partial charge on any atom is -0.461 e. The molecule has 0 spiro atoms. The van der Waals surface area contributed by atoms with Gasteiger partial charge >= 0.3 is 0 Å². The molecule has 0 aliphatic heterocycles. The molecule has 1 heterocycles. The van der Waals surface area contributed by atoms with Crippen molar-refractivity contribution in [3.63, 3.8) is 0 Å². The number of furan rings is 1. The summed E-state index contributed by atoms with van der Waals surface area (Å²) in [5.41, 5.74) is 9.45. The molecule has 0 saturated carbocycles. The summed E-state index contributed by atoms with van der Waals surface area (Å²) in [6.07, 6.45) is 0.815. The molecule has 2 aromatic carbocycles. The lowest BCUT2D eigenvalue weighted by atomic mass is 9.96. The van der Waals surface area contributed by atoms with Crippen LogP contribution in [0.5, 0.6) is 0 Å². The van der Waals surface area contributed by atoms with Gasteiger partial charge in [0.05, 0.1) is 11.1 Å². The minimum absolute atomic E-state index is 0.238. The highest BCUT2D eigenvalue weighted by molar-refractivity contribution is 14.1. The van der Waals surface area contributed by atoms with Crippen molar-refractivity contribution in [2.24, 2.45) is 5.73 Å². The lowest BCUT2D eigenvalue weighted by Gasteiger charge is -2.13. The van der Waals surface area contributed by atoms with Gasteiger partial charge in [-0.2, -0.15) is 0 Å². The Balaban J connectivity index is 2.16. The summed E-state index contributed by atoms with van der Waals surface area (Å²) in [5, 5.41) is 1.81. The van der Waals surface area contributed by atoms with E-state index in [1.54, 1.807) is 0 Å². The second-order valence-corrected chi connectivity index (χ2v) is 6.51. The Morgan fingerprint density at radius 1 is 1.24 bits per heavy atom. The number of fused-ring (bicyclic) bond motifs is 1. The maximum absolute atomic E-state index is 6.50. The van der Waals surface area contributed by atoms with Gasteiger partial charge in [-0.15, -0.1) is 0 Å². The van der Waals surface area contributed by atoms with Crippen molar-refractivity contribution >= 4 is 45.2 Å². The Bertz CT molecular complexity index is 797. The van der Waals surface area contributed by atoms with Crippen LogP contribution in [-0.2, 0) is 6.42 Å². The van der Waals surface area contributed by atoms with Gasteiger partial charge in [0.1, 0.15) is 11.3 Å². The molecule has 0 amide bonds. The van der Waals surface area contributed by atoms with Gasteiger partial charge in [0.25, 0.3) is 0 Å². The Kier molecular flexibility index (Phi) is 4.24. The lowest BCUT2D eigenvalue weighted by molar-refractivity contribution is 0.546. The molecule has 0 aliphatic rings. The summed E-state index contributed by atoms with van der Waals surface area (Å²) in [7, 11) is 0. The lowest BCUT2D eigenvalue weighted by Crippen LogP contribution is -2.13. The summed E-state index contributed by atoms with van der Waals surface area (Å²) in [6, 6.07) is 13.7. The van der Waals surface area contributed by atoms with E-state index in [-0.39, 0.29) is 6.04 Å². The van der Waals surface area contributed by atoms with Gasteiger partial charge in [0, 0.05) is 20.9 Å². The molecular weight excluding hydrogens is 397 g/mol. The first-order valence-electron chi connectivity index (χ1n) is 6.82. The van der Waals surface area contributed by atoms with Crippen molar-refractivity contribution in [2.75, 3.05) is 0 Å². The standard InChI is InChI=1S/C17H15ClINO/c1-2-14-16(11-5-3-4-6-15(11)21-14)17(20)10-7-8-13(19)12(18)9-10/h3-9,17H,2,20H2,1H3. The van der Waals surface area contributed by atoms with Crippen molar-refractivity contribution in [2.45, 2.75) is 19.4 Å². The Morgan fingerprint density at radius 2 is 2.00 bits per heavy atom. The number of nitrogens with two attached hydrogens (primary N) is 1. The maximum Gasteiger partial charge on any atom is 0.134 e. The molecule has 0 radical (unpaired) electrons. The van der Waals surface area contributed by atoms with Crippen LogP contribution < -0.4 is 5.73 Å². The van der Waals surface area contributed by atoms with E-state index in [0.717, 1.165) is 42.9 Å². The molecular formula is C17H15ClINO. The average Bonchev–Trinajstić information content (AvgIpc) is 2.87. The number of aryl methyl sites for hydroxylation is 1. The van der Waals surface area contributed by atoms with Crippen LogP contribution in [0, 0.1) is 3.57 Å². The van der Waals surface area contributed by atoms with Crippen LogP contribution in [-0.4, -0.2) is 0 Å². The van der Waals surface area contributed by atoms with Crippen molar-refractivity contribution in [1.82, 2.24) is 0 Å². The van der Waals surface area contributed by atoms with E-state index in [1.165, 1.54) is 0 Å². The number of para-hydroxylation sites is 1. The third-order valence-electron chi connectivity index (χ3n) is 3.65. The monoisotopic (exact) mass is 411 g/mol. The van der Waals surface area contributed by atoms with E-state index in [1.807, 2.05) is 36.4 Å². The summed E-state index contributed by atoms with van der Waals surface area (Å²) >= 11 is 8.44. The second kappa shape index (κ2) is 5.99. The first-order chi connectivity index (χ1) is 10.1. The van der Waals surface area contributed by atoms with E-state index in [4.69, 9.17) is 21.8 Å². The third-order valence-corrected chi connectivity index (χ3v) is 5.22. The number of hydrogen-bond acceptors (Lipinski definition) is 2. The molecule has 0 bridgehead atoms. The first kappa shape index (κ1) is 14.9. The molecule has 1 atom stereocenters. The molecule has 2 nitrogen and oxygen atoms in total. The average molecular weight is 412 g/mol. The van der Waals surface area contributed by atoms with Gasteiger partial charge in [-0.1, -0.05) is 42.8 Å². The quantitative estimate of drug-likeness (QED) is 0.594. The topological polar surface area (TPSA) is 39.2 Å². The van der Waals surface area contributed by atoms with Gasteiger partial charge in [0.15, 0.2) is 0 Å². The Morgan fingerprint density at radius 3 is 2.71 bits per heavy atom. The van der Waals surface area contributed by atoms with Crippen LogP contribution in [0.25, 0.3) is 11.0 Å². The highest BCUT2D eigenvalue weighted by Crippen LogP contribution is 2.34. The summed E-state index contributed by atoms with van der Waals surface area (Å²) < 4.78 is 6.96. The largest absolute Gasteiger partial charge is 0.461 e. The molecule has 1 aromatic heterocycles. The number of hydrogen-bond donors (Lipinski definition) is 1. The maximum atomic E-state index is 6.50. The molecule has 3 aromatic rings. The molecule has 0 aliphatic carbocycles. The first-order valence-corrected chi connectivity index (χ1v) is 8.28. The summed E-state index contributed by atoms with van der Waals surface area (Å²) in [6.45, 7) is 2.08. The zero-order valence-corrected chi connectivity index (χ0v) is 14.5. The van der Waals surface area contributed by atoms with Crippen molar-refractivity contribution < 1.29 is 4.42 Å². The number of halogens is 2. The van der Waals surface area contributed by atoms with Gasteiger partial charge in [-0.25, -0.2) is 0 Å². The fourth-order valence-electron chi connectivity index (χ4n) is 2.59. The van der Waals surface area contributed by atoms with E-state index in [9.17, 15) is 0 Å². The fourth-order valence-corrected chi connectivity index (χ4v) is 3.12. The molecule has 108 valence electrons. The van der Waals surface area contributed by atoms with Crippen molar-refractivity contribution in [1.29, 1.82) is 0 Å². The predicted octanol–water partition coefficient (Wildman–Crippen LogP) is 5.30. The van der Waals surface area contributed by atoms with Crippen LogP contribution in [0.1, 0.15) is 29.9 Å².